The van der Waals surface area contributed by atoms with Crippen molar-refractivity contribution in [3.63, 3.8) is 0 Å². The second-order valence-corrected chi connectivity index (χ2v) is 4.58. The highest BCUT2D eigenvalue weighted by Gasteiger charge is 2.01. The van der Waals surface area contributed by atoms with Gasteiger partial charge in [-0.25, -0.2) is 4.79 Å². The molecule has 1 aromatic rings. The third-order valence-corrected chi connectivity index (χ3v) is 2.22. The molecule has 1 rings (SSSR count). The summed E-state index contributed by atoms with van der Waals surface area (Å²) in [5, 5.41) is 5.38. The highest BCUT2D eigenvalue weighted by molar-refractivity contribution is 9.11. The molecule has 0 aromatic heterocycles. The minimum absolute atomic E-state index is 0.264. The number of carbonyl (C=O) groups excluding carboxylic acids is 1. The second-order valence-electron chi connectivity index (χ2n) is 3.46. The van der Waals surface area contributed by atoms with Crippen LogP contribution in [0.3, 0.4) is 0 Å². The van der Waals surface area contributed by atoms with Crippen molar-refractivity contribution in [1.82, 2.24) is 5.32 Å². The van der Waals surface area contributed by atoms with Crippen molar-refractivity contribution < 1.29 is 9.53 Å². The van der Waals surface area contributed by atoms with Gasteiger partial charge in [-0.1, -0.05) is 34.6 Å². The molecule has 0 saturated heterocycles. The molecular formula is C12H15BrN2O2. The molecule has 0 spiro atoms. The molecule has 4 nitrogen and oxygen atoms in total. The van der Waals surface area contributed by atoms with E-state index in [9.17, 15) is 4.79 Å². The fraction of sp³-hybridized carbons (Fsp3) is 0.250. The number of hydrogen-bond acceptors (Lipinski definition) is 2. The Hall–Kier alpha value is -1.33. The highest BCUT2D eigenvalue weighted by Crippen LogP contribution is 2.11. The van der Waals surface area contributed by atoms with Crippen LogP contribution in [0.4, 0.5) is 10.5 Å². The summed E-state index contributed by atoms with van der Waals surface area (Å²) in [5.74, 6) is 0. The van der Waals surface area contributed by atoms with Gasteiger partial charge in [-0.3, -0.25) is 0 Å². The van der Waals surface area contributed by atoms with Crippen LogP contribution in [0, 0.1) is 0 Å². The molecule has 0 saturated carbocycles. The summed E-state index contributed by atoms with van der Waals surface area (Å²) in [6.45, 7) is 4.55. The van der Waals surface area contributed by atoms with E-state index in [2.05, 4.69) is 33.1 Å². The molecular weight excluding hydrogens is 284 g/mol. The van der Waals surface area contributed by atoms with Gasteiger partial charge in [0.15, 0.2) is 0 Å². The summed E-state index contributed by atoms with van der Waals surface area (Å²) in [7, 11) is 1.63. The molecule has 17 heavy (non-hydrogen) atoms. The van der Waals surface area contributed by atoms with Gasteiger partial charge in [0.25, 0.3) is 0 Å². The molecule has 0 atom stereocenters. The molecule has 0 aliphatic heterocycles. The molecule has 5 heteroatoms. The van der Waals surface area contributed by atoms with Crippen molar-refractivity contribution in [2.45, 2.75) is 6.61 Å². The average Bonchev–Trinajstić information content (AvgIpc) is 2.27. The zero-order valence-electron chi connectivity index (χ0n) is 9.63. The number of hydrogen-bond donors (Lipinski definition) is 2. The smallest absolute Gasteiger partial charge is 0.319 e. The van der Waals surface area contributed by atoms with Gasteiger partial charge in [-0.2, -0.15) is 0 Å². The topological polar surface area (TPSA) is 50.4 Å². The summed E-state index contributed by atoms with van der Waals surface area (Å²) in [6.07, 6.45) is 0. The Morgan fingerprint density at radius 1 is 1.53 bits per heavy atom. The lowest BCUT2D eigenvalue weighted by molar-refractivity contribution is 0.185. The van der Waals surface area contributed by atoms with Crippen LogP contribution in [-0.2, 0) is 11.3 Å². The molecule has 0 aliphatic carbocycles. The second kappa shape index (κ2) is 7.09. The largest absolute Gasteiger partial charge is 0.380 e. The van der Waals surface area contributed by atoms with Crippen molar-refractivity contribution >= 4 is 27.6 Å². The quantitative estimate of drug-likeness (QED) is 0.878. The minimum atomic E-state index is -0.264. The van der Waals surface area contributed by atoms with E-state index in [1.807, 2.05) is 24.3 Å². The van der Waals surface area contributed by atoms with E-state index in [0.29, 0.717) is 13.2 Å². The Labute approximate surface area is 109 Å². The van der Waals surface area contributed by atoms with Crippen LogP contribution < -0.4 is 10.6 Å². The summed E-state index contributed by atoms with van der Waals surface area (Å²) < 4.78 is 5.74. The molecule has 0 bridgehead atoms. The Kier molecular flexibility index (Phi) is 5.72. The van der Waals surface area contributed by atoms with Crippen LogP contribution in [0.25, 0.3) is 0 Å². The van der Waals surface area contributed by atoms with Crippen LogP contribution in [0.5, 0.6) is 0 Å². The van der Waals surface area contributed by atoms with E-state index in [-0.39, 0.29) is 6.03 Å². The first-order valence-corrected chi connectivity index (χ1v) is 5.87. The van der Waals surface area contributed by atoms with Gasteiger partial charge in [0.2, 0.25) is 0 Å². The maximum atomic E-state index is 11.5. The molecule has 0 heterocycles. The molecule has 0 fully saturated rings. The van der Waals surface area contributed by atoms with Crippen molar-refractivity contribution in [2.24, 2.45) is 0 Å². The van der Waals surface area contributed by atoms with Gasteiger partial charge in [0.1, 0.15) is 0 Å². The summed E-state index contributed by atoms with van der Waals surface area (Å²) in [4.78, 5) is 11.5. The third kappa shape index (κ3) is 5.51. The Bertz CT molecular complexity index is 407. The lowest BCUT2D eigenvalue weighted by Gasteiger charge is -2.08. The maximum absolute atomic E-state index is 11.5. The SMILES string of the molecule is C=C(Br)CNC(=O)Nc1cccc(COC)c1. The van der Waals surface area contributed by atoms with Crippen LogP contribution in [0.2, 0.25) is 0 Å². The minimum Gasteiger partial charge on any atom is -0.380 e. The molecule has 0 aliphatic rings. The van der Waals surface area contributed by atoms with Gasteiger partial charge in [-0.15, -0.1) is 0 Å². The lowest BCUT2D eigenvalue weighted by atomic mass is 10.2. The van der Waals surface area contributed by atoms with Gasteiger partial charge in [0.05, 0.1) is 13.2 Å². The van der Waals surface area contributed by atoms with E-state index < -0.39 is 0 Å². The number of amides is 2. The molecule has 1 aromatic carbocycles. The molecule has 2 amide bonds. The molecule has 2 N–H and O–H groups in total. The first-order valence-electron chi connectivity index (χ1n) is 5.08. The number of halogens is 1. The normalized spacial score (nSPS) is 9.76. The van der Waals surface area contributed by atoms with E-state index >= 15 is 0 Å². The van der Waals surface area contributed by atoms with Crippen molar-refractivity contribution in [1.29, 1.82) is 0 Å². The van der Waals surface area contributed by atoms with Crippen molar-refractivity contribution in [3.05, 3.63) is 40.9 Å². The fourth-order valence-electron chi connectivity index (χ4n) is 1.26. The average molecular weight is 299 g/mol. The molecule has 92 valence electrons. The monoisotopic (exact) mass is 298 g/mol. The van der Waals surface area contributed by atoms with Crippen LogP contribution in [0.15, 0.2) is 35.3 Å². The highest BCUT2D eigenvalue weighted by atomic mass is 79.9. The lowest BCUT2D eigenvalue weighted by Crippen LogP contribution is -2.29. The third-order valence-electron chi connectivity index (χ3n) is 1.94. The number of benzene rings is 1. The number of urea groups is 1. The number of carbonyl (C=O) groups is 1. The first-order chi connectivity index (χ1) is 8.11. The van der Waals surface area contributed by atoms with Crippen molar-refractivity contribution in [3.8, 4) is 0 Å². The summed E-state index contributed by atoms with van der Waals surface area (Å²) in [6, 6.07) is 7.23. The zero-order chi connectivity index (χ0) is 12.7. The number of ether oxygens (including phenoxy) is 1. The predicted octanol–water partition coefficient (Wildman–Crippen LogP) is 2.86. The standard InChI is InChI=1S/C12H15BrN2O2/c1-9(13)7-14-12(16)15-11-5-3-4-10(6-11)8-17-2/h3-6H,1,7-8H2,2H3,(H2,14,15,16). The number of nitrogens with one attached hydrogen (secondary N) is 2. The molecule has 0 radical (unpaired) electrons. The van der Waals surface area contributed by atoms with E-state index in [4.69, 9.17) is 4.74 Å². The van der Waals surface area contributed by atoms with E-state index in [1.165, 1.54) is 0 Å². The zero-order valence-corrected chi connectivity index (χ0v) is 11.2. The fourth-order valence-corrected chi connectivity index (χ4v) is 1.40. The maximum Gasteiger partial charge on any atom is 0.319 e. The Balaban J connectivity index is 2.52. The van der Waals surface area contributed by atoms with Gasteiger partial charge >= 0.3 is 6.03 Å². The Morgan fingerprint density at radius 2 is 2.29 bits per heavy atom. The summed E-state index contributed by atoms with van der Waals surface area (Å²) >= 11 is 3.17. The van der Waals surface area contributed by atoms with Gasteiger partial charge in [0, 0.05) is 17.3 Å². The Morgan fingerprint density at radius 3 is 2.94 bits per heavy atom. The van der Waals surface area contributed by atoms with Gasteiger partial charge in [-0.05, 0) is 17.7 Å². The first kappa shape index (κ1) is 13.7. The predicted molar refractivity (Wildman–Crippen MR) is 72.2 cm³/mol. The van der Waals surface area contributed by atoms with E-state index in [0.717, 1.165) is 15.7 Å². The van der Waals surface area contributed by atoms with E-state index in [1.54, 1.807) is 7.11 Å². The molecule has 0 unspecified atom stereocenters. The van der Waals surface area contributed by atoms with Crippen LogP contribution >= 0.6 is 15.9 Å². The van der Waals surface area contributed by atoms with Crippen molar-refractivity contribution in [2.75, 3.05) is 19.0 Å². The van der Waals surface area contributed by atoms with Crippen LogP contribution in [-0.4, -0.2) is 19.7 Å². The summed E-state index contributed by atoms with van der Waals surface area (Å²) in [5.41, 5.74) is 1.74. The number of rotatable bonds is 5. The van der Waals surface area contributed by atoms with Crippen LogP contribution in [0.1, 0.15) is 5.56 Å². The number of anilines is 1. The number of methoxy groups -OCH3 is 1. The van der Waals surface area contributed by atoms with Gasteiger partial charge < -0.3 is 15.4 Å².